The molecule has 106 valence electrons. The van der Waals surface area contributed by atoms with Gasteiger partial charge in [0, 0.05) is 37.0 Å². The maximum Gasteiger partial charge on any atom is 0.125 e. The van der Waals surface area contributed by atoms with Gasteiger partial charge in [-0.15, -0.1) is 0 Å². The maximum atomic E-state index is 9.05. The number of anilines is 1. The van der Waals surface area contributed by atoms with Crippen molar-refractivity contribution in [3.05, 3.63) is 23.8 Å². The van der Waals surface area contributed by atoms with E-state index in [1.807, 2.05) is 19.1 Å². The van der Waals surface area contributed by atoms with Gasteiger partial charge in [-0.25, -0.2) is 0 Å². The third-order valence-corrected chi connectivity index (χ3v) is 3.88. The van der Waals surface area contributed by atoms with Gasteiger partial charge in [0.2, 0.25) is 0 Å². The molecule has 2 rings (SSSR count). The molecular formula is C15H24N2O2. The number of aliphatic hydroxyl groups is 1. The Morgan fingerprint density at radius 3 is 2.95 bits per heavy atom. The molecule has 1 aromatic carbocycles. The second kappa shape index (κ2) is 6.26. The molecule has 0 radical (unpaired) electrons. The summed E-state index contributed by atoms with van der Waals surface area (Å²) in [6.07, 6.45) is 2.02. The lowest BCUT2D eigenvalue weighted by molar-refractivity contribution is 0.263. The number of nitrogens with two attached hydrogens (primary N) is 1. The first-order valence-electron chi connectivity index (χ1n) is 6.95. The standard InChI is InChI=1S/C15H24N2O2/c1-11(16)15-13(4-3-5-14(15)19-2)17-8-6-12(10-17)7-9-18/h3-5,11-12,18H,6-10,16H2,1-2H3/t11-,12?/m1/s1. The van der Waals surface area contributed by atoms with E-state index in [-0.39, 0.29) is 12.6 Å². The van der Waals surface area contributed by atoms with Crippen molar-refractivity contribution < 1.29 is 9.84 Å². The van der Waals surface area contributed by atoms with Gasteiger partial charge in [-0.05, 0) is 37.8 Å². The Balaban J connectivity index is 2.25. The van der Waals surface area contributed by atoms with Crippen LogP contribution in [0.4, 0.5) is 5.69 Å². The third kappa shape index (κ3) is 3.01. The van der Waals surface area contributed by atoms with Crippen molar-refractivity contribution in [2.75, 3.05) is 31.7 Å². The summed E-state index contributed by atoms with van der Waals surface area (Å²) in [7, 11) is 1.68. The van der Waals surface area contributed by atoms with Gasteiger partial charge in [0.05, 0.1) is 7.11 Å². The van der Waals surface area contributed by atoms with Gasteiger partial charge in [0.1, 0.15) is 5.75 Å². The van der Waals surface area contributed by atoms with Crippen LogP contribution in [0.15, 0.2) is 18.2 Å². The predicted octanol–water partition coefficient (Wildman–Crippen LogP) is 1.92. The van der Waals surface area contributed by atoms with Crippen LogP contribution in [0.5, 0.6) is 5.75 Å². The summed E-state index contributed by atoms with van der Waals surface area (Å²) >= 11 is 0. The van der Waals surface area contributed by atoms with Crippen molar-refractivity contribution >= 4 is 5.69 Å². The number of ether oxygens (including phenoxy) is 1. The Labute approximate surface area is 115 Å². The van der Waals surface area contributed by atoms with Crippen LogP contribution in [-0.2, 0) is 0 Å². The zero-order valence-corrected chi connectivity index (χ0v) is 11.8. The van der Waals surface area contributed by atoms with E-state index in [0.29, 0.717) is 5.92 Å². The number of methoxy groups -OCH3 is 1. The van der Waals surface area contributed by atoms with Crippen LogP contribution in [0, 0.1) is 5.92 Å². The van der Waals surface area contributed by atoms with Gasteiger partial charge >= 0.3 is 0 Å². The van der Waals surface area contributed by atoms with Crippen molar-refractivity contribution in [2.24, 2.45) is 11.7 Å². The molecule has 0 aliphatic carbocycles. The molecule has 0 amide bonds. The molecule has 1 unspecified atom stereocenters. The van der Waals surface area contributed by atoms with E-state index in [9.17, 15) is 0 Å². The Hall–Kier alpha value is -1.26. The first-order chi connectivity index (χ1) is 9.17. The Morgan fingerprint density at radius 2 is 2.32 bits per heavy atom. The summed E-state index contributed by atoms with van der Waals surface area (Å²) in [5.41, 5.74) is 8.36. The van der Waals surface area contributed by atoms with E-state index in [2.05, 4.69) is 11.0 Å². The molecule has 0 saturated carbocycles. The molecule has 1 saturated heterocycles. The van der Waals surface area contributed by atoms with E-state index >= 15 is 0 Å². The SMILES string of the molecule is COc1cccc(N2CCC(CCO)C2)c1[C@@H](C)N. The third-order valence-electron chi connectivity index (χ3n) is 3.88. The van der Waals surface area contributed by atoms with Crippen molar-refractivity contribution in [1.29, 1.82) is 0 Å². The molecular weight excluding hydrogens is 240 g/mol. The molecule has 4 nitrogen and oxygen atoms in total. The van der Waals surface area contributed by atoms with E-state index in [0.717, 1.165) is 37.2 Å². The lowest BCUT2D eigenvalue weighted by Crippen LogP contribution is -2.23. The van der Waals surface area contributed by atoms with Gasteiger partial charge in [-0.1, -0.05) is 6.07 Å². The number of rotatable bonds is 5. The number of nitrogens with zero attached hydrogens (tertiary/aromatic N) is 1. The molecule has 3 N–H and O–H groups in total. The molecule has 4 heteroatoms. The molecule has 1 aromatic rings. The Morgan fingerprint density at radius 1 is 1.53 bits per heavy atom. The molecule has 0 aromatic heterocycles. The van der Waals surface area contributed by atoms with Crippen LogP contribution in [0.1, 0.15) is 31.4 Å². The van der Waals surface area contributed by atoms with Crippen LogP contribution in [0.2, 0.25) is 0 Å². The summed E-state index contributed by atoms with van der Waals surface area (Å²) < 4.78 is 5.43. The van der Waals surface area contributed by atoms with Crippen LogP contribution in [0.25, 0.3) is 0 Å². The highest BCUT2D eigenvalue weighted by atomic mass is 16.5. The van der Waals surface area contributed by atoms with E-state index in [1.54, 1.807) is 7.11 Å². The lowest BCUT2D eigenvalue weighted by atomic mass is 10.0. The summed E-state index contributed by atoms with van der Waals surface area (Å²) in [5, 5.41) is 9.05. The van der Waals surface area contributed by atoms with Crippen molar-refractivity contribution in [1.82, 2.24) is 0 Å². The largest absolute Gasteiger partial charge is 0.496 e. The van der Waals surface area contributed by atoms with E-state index in [4.69, 9.17) is 15.6 Å². The minimum Gasteiger partial charge on any atom is -0.496 e. The summed E-state index contributed by atoms with van der Waals surface area (Å²) in [5.74, 6) is 1.44. The first-order valence-corrected chi connectivity index (χ1v) is 6.95. The fraction of sp³-hybridized carbons (Fsp3) is 0.600. The predicted molar refractivity (Wildman–Crippen MR) is 77.6 cm³/mol. The molecule has 2 atom stereocenters. The number of hydrogen-bond acceptors (Lipinski definition) is 4. The first kappa shape index (κ1) is 14.2. The molecule has 1 aliphatic rings. The quantitative estimate of drug-likeness (QED) is 0.853. The molecule has 1 heterocycles. The highest BCUT2D eigenvalue weighted by Gasteiger charge is 2.25. The van der Waals surface area contributed by atoms with Gasteiger partial charge in [-0.2, -0.15) is 0 Å². The Bertz CT molecular complexity index is 421. The molecule has 0 spiro atoms. The van der Waals surface area contributed by atoms with Crippen LogP contribution >= 0.6 is 0 Å². The monoisotopic (exact) mass is 264 g/mol. The smallest absolute Gasteiger partial charge is 0.125 e. The van der Waals surface area contributed by atoms with Crippen LogP contribution in [-0.4, -0.2) is 31.9 Å². The lowest BCUT2D eigenvalue weighted by Gasteiger charge is -2.25. The minimum atomic E-state index is -0.0527. The average Bonchev–Trinajstić information content (AvgIpc) is 2.86. The summed E-state index contributed by atoms with van der Waals surface area (Å²) in [6, 6.07) is 6.04. The molecule has 1 aliphatic heterocycles. The fourth-order valence-corrected chi connectivity index (χ4v) is 2.91. The second-order valence-electron chi connectivity index (χ2n) is 5.29. The van der Waals surface area contributed by atoms with Crippen molar-refractivity contribution in [3.63, 3.8) is 0 Å². The minimum absolute atomic E-state index is 0.0527. The Kier molecular flexibility index (Phi) is 4.66. The number of benzene rings is 1. The maximum absolute atomic E-state index is 9.05. The van der Waals surface area contributed by atoms with Crippen molar-refractivity contribution in [2.45, 2.75) is 25.8 Å². The van der Waals surface area contributed by atoms with Crippen LogP contribution in [0.3, 0.4) is 0 Å². The van der Waals surface area contributed by atoms with Gasteiger partial charge in [-0.3, -0.25) is 0 Å². The topological polar surface area (TPSA) is 58.7 Å². The average molecular weight is 264 g/mol. The summed E-state index contributed by atoms with van der Waals surface area (Å²) in [6.45, 7) is 4.28. The van der Waals surface area contributed by atoms with Gasteiger partial charge in [0.15, 0.2) is 0 Å². The van der Waals surface area contributed by atoms with Gasteiger partial charge < -0.3 is 20.5 Å². The van der Waals surface area contributed by atoms with Crippen molar-refractivity contribution in [3.8, 4) is 5.75 Å². The zero-order valence-electron chi connectivity index (χ0n) is 11.8. The zero-order chi connectivity index (χ0) is 13.8. The second-order valence-corrected chi connectivity index (χ2v) is 5.29. The number of hydrogen-bond donors (Lipinski definition) is 2. The number of aliphatic hydroxyl groups excluding tert-OH is 1. The molecule has 19 heavy (non-hydrogen) atoms. The van der Waals surface area contributed by atoms with E-state index in [1.165, 1.54) is 5.69 Å². The molecule has 0 bridgehead atoms. The highest BCUT2D eigenvalue weighted by molar-refractivity contribution is 5.61. The molecule has 1 fully saturated rings. The highest BCUT2D eigenvalue weighted by Crippen LogP contribution is 2.36. The van der Waals surface area contributed by atoms with E-state index < -0.39 is 0 Å². The normalized spacial score (nSPS) is 20.6. The summed E-state index contributed by atoms with van der Waals surface area (Å²) in [4.78, 5) is 2.36. The van der Waals surface area contributed by atoms with Crippen LogP contribution < -0.4 is 15.4 Å². The van der Waals surface area contributed by atoms with Gasteiger partial charge in [0.25, 0.3) is 0 Å². The fourth-order valence-electron chi connectivity index (χ4n) is 2.91.